The lowest BCUT2D eigenvalue weighted by Crippen LogP contribution is -2.07. The fourth-order valence-electron chi connectivity index (χ4n) is 0.958. The van der Waals surface area contributed by atoms with E-state index >= 15 is 0 Å². The molecule has 0 aliphatic carbocycles. The number of unbranched alkanes of at least 4 members (excludes halogenated alkanes) is 2. The van der Waals surface area contributed by atoms with Crippen LogP contribution in [0.5, 0.6) is 0 Å². The molecule has 0 bridgehead atoms. The predicted molar refractivity (Wildman–Crippen MR) is 51.7 cm³/mol. The molecule has 0 aromatic rings. The third-order valence-corrected chi connectivity index (χ3v) is 1.72. The molecule has 0 aromatic carbocycles. The SMILES string of the molecule is CCCCCOC(=O)CCCOC=O. The zero-order valence-corrected chi connectivity index (χ0v) is 8.66. The van der Waals surface area contributed by atoms with Gasteiger partial charge >= 0.3 is 5.97 Å². The minimum absolute atomic E-state index is 0.212. The summed E-state index contributed by atoms with van der Waals surface area (Å²) in [6.07, 6.45) is 3.98. The van der Waals surface area contributed by atoms with Crippen molar-refractivity contribution in [3.05, 3.63) is 0 Å². The summed E-state index contributed by atoms with van der Waals surface area (Å²) in [6, 6.07) is 0. The van der Waals surface area contributed by atoms with Crippen molar-refractivity contribution >= 4 is 12.4 Å². The van der Waals surface area contributed by atoms with Crippen LogP contribution in [0.4, 0.5) is 0 Å². The molecular weight excluding hydrogens is 184 g/mol. The van der Waals surface area contributed by atoms with Gasteiger partial charge in [-0.15, -0.1) is 0 Å². The van der Waals surface area contributed by atoms with E-state index in [2.05, 4.69) is 11.7 Å². The van der Waals surface area contributed by atoms with Crippen LogP contribution in [0.15, 0.2) is 0 Å². The maximum Gasteiger partial charge on any atom is 0.305 e. The fourth-order valence-corrected chi connectivity index (χ4v) is 0.958. The summed E-state index contributed by atoms with van der Waals surface area (Å²) in [5, 5.41) is 0. The minimum Gasteiger partial charge on any atom is -0.468 e. The Morgan fingerprint density at radius 1 is 1.21 bits per heavy atom. The Bertz CT molecular complexity index is 156. The third-order valence-electron chi connectivity index (χ3n) is 1.72. The van der Waals surface area contributed by atoms with Crippen molar-refractivity contribution in [3.8, 4) is 0 Å². The van der Waals surface area contributed by atoms with Gasteiger partial charge in [-0.3, -0.25) is 9.59 Å². The molecule has 4 nitrogen and oxygen atoms in total. The first kappa shape index (κ1) is 12.9. The number of hydrogen-bond donors (Lipinski definition) is 0. The van der Waals surface area contributed by atoms with Gasteiger partial charge in [0.15, 0.2) is 0 Å². The molecule has 14 heavy (non-hydrogen) atoms. The largest absolute Gasteiger partial charge is 0.468 e. The van der Waals surface area contributed by atoms with Crippen molar-refractivity contribution < 1.29 is 19.1 Å². The van der Waals surface area contributed by atoms with Crippen LogP contribution in [0.3, 0.4) is 0 Å². The lowest BCUT2D eigenvalue weighted by atomic mass is 10.3. The van der Waals surface area contributed by atoms with Crippen LogP contribution in [-0.2, 0) is 19.1 Å². The van der Waals surface area contributed by atoms with Gasteiger partial charge in [-0.25, -0.2) is 0 Å². The maximum atomic E-state index is 11.0. The molecule has 0 spiro atoms. The van der Waals surface area contributed by atoms with E-state index in [0.29, 0.717) is 25.9 Å². The zero-order valence-electron chi connectivity index (χ0n) is 8.66. The number of ether oxygens (including phenoxy) is 2. The second-order valence-corrected chi connectivity index (χ2v) is 3.00. The molecule has 0 aromatic heterocycles. The molecule has 4 heteroatoms. The first-order valence-electron chi connectivity index (χ1n) is 5.02. The molecule has 0 aliphatic heterocycles. The van der Waals surface area contributed by atoms with Crippen molar-refractivity contribution in [2.75, 3.05) is 13.2 Å². The topological polar surface area (TPSA) is 52.6 Å². The summed E-state index contributed by atoms with van der Waals surface area (Å²) < 4.78 is 9.38. The van der Waals surface area contributed by atoms with Crippen molar-refractivity contribution in [3.63, 3.8) is 0 Å². The number of carbonyl (C=O) groups excluding carboxylic acids is 2. The van der Waals surface area contributed by atoms with Crippen LogP contribution in [-0.4, -0.2) is 25.7 Å². The molecule has 0 atom stereocenters. The normalized spacial score (nSPS) is 9.50. The van der Waals surface area contributed by atoms with Gasteiger partial charge in [0.05, 0.1) is 13.2 Å². The lowest BCUT2D eigenvalue weighted by Gasteiger charge is -2.03. The van der Waals surface area contributed by atoms with Gasteiger partial charge in [0.1, 0.15) is 0 Å². The molecule has 0 saturated heterocycles. The van der Waals surface area contributed by atoms with Gasteiger partial charge in [0.2, 0.25) is 0 Å². The second-order valence-electron chi connectivity index (χ2n) is 3.00. The van der Waals surface area contributed by atoms with Gasteiger partial charge < -0.3 is 9.47 Å². The average Bonchev–Trinajstić information content (AvgIpc) is 2.19. The number of rotatable bonds is 9. The Labute approximate surface area is 84.6 Å². The van der Waals surface area contributed by atoms with Crippen LogP contribution in [0, 0.1) is 0 Å². The molecule has 82 valence electrons. The number of hydrogen-bond acceptors (Lipinski definition) is 4. The Morgan fingerprint density at radius 2 is 2.00 bits per heavy atom. The predicted octanol–water partition coefficient (Wildman–Crippen LogP) is 1.67. The van der Waals surface area contributed by atoms with E-state index in [9.17, 15) is 9.59 Å². The standard InChI is InChI=1S/C10H18O4/c1-2-3-4-8-14-10(12)6-5-7-13-9-11/h9H,2-8H2,1H3. The van der Waals surface area contributed by atoms with Crippen molar-refractivity contribution in [2.24, 2.45) is 0 Å². The van der Waals surface area contributed by atoms with Gasteiger partial charge in [0.25, 0.3) is 6.47 Å². The van der Waals surface area contributed by atoms with E-state index in [-0.39, 0.29) is 12.6 Å². The first-order valence-corrected chi connectivity index (χ1v) is 5.02. The lowest BCUT2D eigenvalue weighted by molar-refractivity contribution is -0.144. The molecule has 0 N–H and O–H groups in total. The minimum atomic E-state index is -0.212. The highest BCUT2D eigenvalue weighted by Gasteiger charge is 2.01. The molecular formula is C10H18O4. The van der Waals surface area contributed by atoms with Crippen molar-refractivity contribution in [1.29, 1.82) is 0 Å². The van der Waals surface area contributed by atoms with Gasteiger partial charge in [-0.2, -0.15) is 0 Å². The molecule has 0 fully saturated rings. The Morgan fingerprint density at radius 3 is 2.64 bits per heavy atom. The molecule has 0 unspecified atom stereocenters. The molecule has 0 saturated carbocycles. The van der Waals surface area contributed by atoms with E-state index in [1.165, 1.54) is 0 Å². The first-order chi connectivity index (χ1) is 6.81. The van der Waals surface area contributed by atoms with Crippen LogP contribution in [0.1, 0.15) is 39.0 Å². The maximum absolute atomic E-state index is 11.0. The summed E-state index contributed by atoms with van der Waals surface area (Å²) in [6.45, 7) is 3.26. The van der Waals surface area contributed by atoms with Gasteiger partial charge in [0, 0.05) is 6.42 Å². The van der Waals surface area contributed by atoms with Crippen LogP contribution < -0.4 is 0 Å². The zero-order chi connectivity index (χ0) is 10.6. The monoisotopic (exact) mass is 202 g/mol. The van der Waals surface area contributed by atoms with E-state index in [1.807, 2.05) is 0 Å². The molecule has 0 radical (unpaired) electrons. The highest BCUT2D eigenvalue weighted by Crippen LogP contribution is 1.97. The average molecular weight is 202 g/mol. The van der Waals surface area contributed by atoms with Crippen LogP contribution in [0.25, 0.3) is 0 Å². The highest BCUT2D eigenvalue weighted by atomic mass is 16.5. The quantitative estimate of drug-likeness (QED) is 0.324. The Hall–Kier alpha value is -1.06. The summed E-state index contributed by atoms with van der Waals surface area (Å²) in [4.78, 5) is 20.8. The highest BCUT2D eigenvalue weighted by molar-refractivity contribution is 5.69. The summed E-state index contributed by atoms with van der Waals surface area (Å²) in [7, 11) is 0. The van der Waals surface area contributed by atoms with Crippen molar-refractivity contribution in [1.82, 2.24) is 0 Å². The number of carbonyl (C=O) groups is 2. The Kier molecular flexibility index (Phi) is 9.26. The van der Waals surface area contributed by atoms with Crippen LogP contribution >= 0.6 is 0 Å². The van der Waals surface area contributed by atoms with Crippen LogP contribution in [0.2, 0.25) is 0 Å². The van der Waals surface area contributed by atoms with E-state index < -0.39 is 0 Å². The Balaban J connectivity index is 3.15. The molecule has 0 rings (SSSR count). The summed E-state index contributed by atoms with van der Waals surface area (Å²) in [5.41, 5.74) is 0. The van der Waals surface area contributed by atoms with Gasteiger partial charge in [-0.1, -0.05) is 19.8 Å². The molecule has 0 amide bonds. The second kappa shape index (κ2) is 10.0. The molecule has 0 aliphatic rings. The van der Waals surface area contributed by atoms with E-state index in [1.54, 1.807) is 0 Å². The van der Waals surface area contributed by atoms with Crippen molar-refractivity contribution in [2.45, 2.75) is 39.0 Å². The molecule has 0 heterocycles. The smallest absolute Gasteiger partial charge is 0.305 e. The van der Waals surface area contributed by atoms with E-state index in [0.717, 1.165) is 19.3 Å². The fraction of sp³-hybridized carbons (Fsp3) is 0.800. The van der Waals surface area contributed by atoms with Gasteiger partial charge in [-0.05, 0) is 12.8 Å². The number of esters is 1. The summed E-state index contributed by atoms with van der Waals surface area (Å²) in [5.74, 6) is -0.212. The third kappa shape index (κ3) is 9.03. The summed E-state index contributed by atoms with van der Waals surface area (Å²) >= 11 is 0. The van der Waals surface area contributed by atoms with E-state index in [4.69, 9.17) is 4.74 Å².